The Hall–Kier alpha value is -1.97. The fourth-order valence-electron chi connectivity index (χ4n) is 2.33. The molecule has 0 fully saturated rings. The number of carbonyl (C=O) groups is 1. The zero-order chi connectivity index (χ0) is 14.9. The first-order valence-corrected chi connectivity index (χ1v) is 7.84. The number of nitrogens with zero attached hydrogens (tertiary/aromatic N) is 3. The van der Waals surface area contributed by atoms with Crippen LogP contribution in [0.1, 0.15) is 56.7 Å². The number of hydrogen-bond acceptors (Lipinski definition) is 3. The lowest BCUT2D eigenvalue weighted by Crippen LogP contribution is -2.08. The first-order valence-electron chi connectivity index (χ1n) is 7.84. The van der Waals surface area contributed by atoms with E-state index in [2.05, 4.69) is 17.2 Å². The van der Waals surface area contributed by atoms with Crippen LogP contribution in [0.4, 0.5) is 0 Å². The van der Waals surface area contributed by atoms with Gasteiger partial charge < -0.3 is 0 Å². The lowest BCUT2D eigenvalue weighted by atomic mass is 10.1. The molecule has 0 N–H and O–H groups in total. The van der Waals surface area contributed by atoms with Crippen LogP contribution < -0.4 is 0 Å². The standard InChI is InChI=1S/C17H23N3O/c1-2-3-4-5-6-7-8-9-14-17(21)20-16-13-11-10-12-15(16)18-19-20/h9-14H,2-8H2,1H3/b14-9+. The summed E-state index contributed by atoms with van der Waals surface area (Å²) in [4.78, 5) is 12.1. The van der Waals surface area contributed by atoms with E-state index in [1.54, 1.807) is 6.08 Å². The first-order chi connectivity index (χ1) is 10.3. The van der Waals surface area contributed by atoms with Gasteiger partial charge in [0.15, 0.2) is 0 Å². The van der Waals surface area contributed by atoms with E-state index < -0.39 is 0 Å². The van der Waals surface area contributed by atoms with Gasteiger partial charge in [0.2, 0.25) is 0 Å². The van der Waals surface area contributed by atoms with Gasteiger partial charge in [-0.1, -0.05) is 62.4 Å². The maximum atomic E-state index is 12.1. The summed E-state index contributed by atoms with van der Waals surface area (Å²) < 4.78 is 1.35. The number of benzene rings is 1. The topological polar surface area (TPSA) is 47.8 Å². The number of carbonyl (C=O) groups excluding carboxylic acids is 1. The summed E-state index contributed by atoms with van der Waals surface area (Å²) in [6.45, 7) is 2.22. The molecule has 0 radical (unpaired) electrons. The number of unbranched alkanes of at least 4 members (excludes halogenated alkanes) is 6. The highest BCUT2D eigenvalue weighted by atomic mass is 16.2. The lowest BCUT2D eigenvalue weighted by molar-refractivity contribution is 0.0957. The highest BCUT2D eigenvalue weighted by Crippen LogP contribution is 2.10. The lowest BCUT2D eigenvalue weighted by Gasteiger charge is -1.98. The molecule has 0 aliphatic rings. The molecule has 1 heterocycles. The minimum absolute atomic E-state index is 0.130. The minimum atomic E-state index is -0.130. The van der Waals surface area contributed by atoms with Crippen molar-refractivity contribution >= 4 is 16.9 Å². The zero-order valence-corrected chi connectivity index (χ0v) is 12.7. The van der Waals surface area contributed by atoms with Gasteiger partial charge >= 0.3 is 0 Å². The van der Waals surface area contributed by atoms with E-state index >= 15 is 0 Å². The summed E-state index contributed by atoms with van der Waals surface area (Å²) in [5.41, 5.74) is 1.50. The normalized spacial score (nSPS) is 11.5. The Labute approximate surface area is 125 Å². The molecule has 4 heteroatoms. The quantitative estimate of drug-likeness (QED) is 0.534. The molecule has 0 amide bonds. The molecule has 2 rings (SSSR count). The van der Waals surface area contributed by atoms with Crippen molar-refractivity contribution in [3.8, 4) is 0 Å². The van der Waals surface area contributed by atoms with Gasteiger partial charge in [0, 0.05) is 6.08 Å². The summed E-state index contributed by atoms with van der Waals surface area (Å²) in [7, 11) is 0. The molecule has 0 unspecified atom stereocenters. The Kier molecular flexibility index (Phi) is 6.13. The Bertz CT molecular complexity index is 601. The molecule has 0 saturated carbocycles. The largest absolute Gasteiger partial charge is 0.272 e. The molecule has 21 heavy (non-hydrogen) atoms. The van der Waals surface area contributed by atoms with Gasteiger partial charge in [0.1, 0.15) is 5.52 Å². The van der Waals surface area contributed by atoms with E-state index in [1.807, 2.05) is 30.3 Å². The van der Waals surface area contributed by atoms with Crippen LogP contribution in [0, 0.1) is 0 Å². The van der Waals surface area contributed by atoms with Gasteiger partial charge in [-0.15, -0.1) is 5.10 Å². The van der Waals surface area contributed by atoms with E-state index in [0.29, 0.717) is 0 Å². The summed E-state index contributed by atoms with van der Waals surface area (Å²) >= 11 is 0. The van der Waals surface area contributed by atoms with Crippen molar-refractivity contribution in [1.82, 2.24) is 15.0 Å². The van der Waals surface area contributed by atoms with Gasteiger partial charge in [0.25, 0.3) is 5.91 Å². The van der Waals surface area contributed by atoms with Crippen LogP contribution in [-0.2, 0) is 0 Å². The second-order valence-electron chi connectivity index (χ2n) is 5.29. The van der Waals surface area contributed by atoms with E-state index in [4.69, 9.17) is 0 Å². The summed E-state index contributed by atoms with van der Waals surface area (Å²) in [5.74, 6) is -0.130. The molecular formula is C17H23N3O. The molecule has 1 aromatic heterocycles. The van der Waals surface area contributed by atoms with Gasteiger partial charge in [-0.2, -0.15) is 4.68 Å². The Morgan fingerprint density at radius 2 is 1.90 bits per heavy atom. The third kappa shape index (κ3) is 4.52. The summed E-state index contributed by atoms with van der Waals surface area (Å²) in [5, 5.41) is 7.89. The summed E-state index contributed by atoms with van der Waals surface area (Å²) in [6.07, 6.45) is 12.1. The Balaban J connectivity index is 1.78. The van der Waals surface area contributed by atoms with Crippen molar-refractivity contribution in [3.05, 3.63) is 36.4 Å². The molecule has 1 aromatic carbocycles. The van der Waals surface area contributed by atoms with Crippen molar-refractivity contribution in [2.24, 2.45) is 0 Å². The van der Waals surface area contributed by atoms with Gasteiger partial charge in [0.05, 0.1) is 5.52 Å². The summed E-state index contributed by atoms with van der Waals surface area (Å²) in [6, 6.07) is 7.48. The van der Waals surface area contributed by atoms with Crippen molar-refractivity contribution in [2.75, 3.05) is 0 Å². The third-order valence-electron chi connectivity index (χ3n) is 3.55. The van der Waals surface area contributed by atoms with Gasteiger partial charge in [-0.05, 0) is 25.0 Å². The number of hydrogen-bond donors (Lipinski definition) is 0. The zero-order valence-electron chi connectivity index (χ0n) is 12.7. The van der Waals surface area contributed by atoms with Crippen LogP contribution in [0.25, 0.3) is 11.0 Å². The molecule has 4 nitrogen and oxygen atoms in total. The van der Waals surface area contributed by atoms with E-state index in [-0.39, 0.29) is 5.91 Å². The van der Waals surface area contributed by atoms with Gasteiger partial charge in [-0.3, -0.25) is 4.79 Å². The maximum absolute atomic E-state index is 12.1. The SMILES string of the molecule is CCCCCCCC/C=C/C(=O)n1nnc2ccccc21. The minimum Gasteiger partial charge on any atom is -0.267 e. The van der Waals surface area contributed by atoms with E-state index in [9.17, 15) is 4.79 Å². The number of rotatable bonds is 8. The number of allylic oxidation sites excluding steroid dienone is 2. The van der Waals surface area contributed by atoms with E-state index in [1.165, 1.54) is 36.8 Å². The highest BCUT2D eigenvalue weighted by molar-refractivity contribution is 5.95. The van der Waals surface area contributed by atoms with Crippen LogP contribution in [-0.4, -0.2) is 20.9 Å². The Morgan fingerprint density at radius 1 is 1.14 bits per heavy atom. The molecular weight excluding hydrogens is 262 g/mol. The van der Waals surface area contributed by atoms with E-state index in [0.717, 1.165) is 23.9 Å². The predicted octanol–water partition coefficient (Wildman–Crippen LogP) is 4.38. The fraction of sp³-hybridized carbons (Fsp3) is 0.471. The molecule has 0 bridgehead atoms. The first kappa shape index (κ1) is 15.4. The van der Waals surface area contributed by atoms with Crippen molar-refractivity contribution in [3.63, 3.8) is 0 Å². The van der Waals surface area contributed by atoms with Crippen LogP contribution in [0.5, 0.6) is 0 Å². The number of para-hydroxylation sites is 1. The van der Waals surface area contributed by atoms with Crippen LogP contribution in [0.3, 0.4) is 0 Å². The fourth-order valence-corrected chi connectivity index (χ4v) is 2.33. The van der Waals surface area contributed by atoms with Crippen molar-refractivity contribution in [1.29, 1.82) is 0 Å². The highest BCUT2D eigenvalue weighted by Gasteiger charge is 2.07. The van der Waals surface area contributed by atoms with Crippen LogP contribution in [0.2, 0.25) is 0 Å². The molecule has 0 saturated heterocycles. The maximum Gasteiger partial charge on any atom is 0.272 e. The third-order valence-corrected chi connectivity index (χ3v) is 3.55. The number of fused-ring (bicyclic) bond motifs is 1. The molecule has 0 spiro atoms. The number of aromatic nitrogens is 3. The van der Waals surface area contributed by atoms with Crippen molar-refractivity contribution in [2.45, 2.75) is 51.9 Å². The molecule has 112 valence electrons. The smallest absolute Gasteiger partial charge is 0.267 e. The second kappa shape index (κ2) is 8.35. The Morgan fingerprint density at radius 3 is 2.76 bits per heavy atom. The average Bonchev–Trinajstić information content (AvgIpc) is 2.94. The van der Waals surface area contributed by atoms with Crippen molar-refractivity contribution < 1.29 is 4.79 Å². The predicted molar refractivity (Wildman–Crippen MR) is 85.3 cm³/mol. The van der Waals surface area contributed by atoms with Crippen LogP contribution >= 0.6 is 0 Å². The monoisotopic (exact) mass is 285 g/mol. The van der Waals surface area contributed by atoms with Crippen LogP contribution in [0.15, 0.2) is 36.4 Å². The second-order valence-corrected chi connectivity index (χ2v) is 5.29. The molecule has 0 aliphatic carbocycles. The average molecular weight is 285 g/mol. The van der Waals surface area contributed by atoms with Gasteiger partial charge in [-0.25, -0.2) is 0 Å². The molecule has 0 atom stereocenters. The molecule has 2 aromatic rings. The molecule has 0 aliphatic heterocycles.